The second-order valence-electron chi connectivity index (χ2n) is 8.64. The van der Waals surface area contributed by atoms with Crippen molar-refractivity contribution in [3.63, 3.8) is 0 Å². The van der Waals surface area contributed by atoms with E-state index in [4.69, 9.17) is 16.6 Å². The Morgan fingerprint density at radius 1 is 1.00 bits per heavy atom. The van der Waals surface area contributed by atoms with E-state index < -0.39 is 0 Å². The van der Waals surface area contributed by atoms with Gasteiger partial charge in [0.05, 0.1) is 11.9 Å². The summed E-state index contributed by atoms with van der Waals surface area (Å²) < 4.78 is 2.07. The minimum absolute atomic E-state index is 0.171. The molecule has 154 valence electrons. The third kappa shape index (κ3) is 4.65. The van der Waals surface area contributed by atoms with Crippen LogP contribution < -0.4 is 5.32 Å². The number of aromatic nitrogens is 3. The number of fused-ring (bicyclic) bond motifs is 1. The molecule has 30 heavy (non-hydrogen) atoms. The Balaban J connectivity index is 1.54. The highest BCUT2D eigenvalue weighted by Crippen LogP contribution is 2.24. The maximum absolute atomic E-state index is 6.13. The Bertz CT molecular complexity index is 1140. The van der Waals surface area contributed by atoms with Crippen molar-refractivity contribution in [2.24, 2.45) is 0 Å². The molecule has 0 saturated heterocycles. The Hall–Kier alpha value is -2.85. The average Bonchev–Trinajstić information content (AvgIpc) is 3.08. The van der Waals surface area contributed by atoms with Crippen molar-refractivity contribution < 1.29 is 0 Å². The molecule has 2 aromatic heterocycles. The lowest BCUT2D eigenvalue weighted by atomic mass is 9.86. The van der Waals surface area contributed by atoms with Gasteiger partial charge in [-0.2, -0.15) is 0 Å². The Morgan fingerprint density at radius 2 is 1.80 bits per heavy atom. The molecule has 0 amide bonds. The molecule has 4 rings (SSSR count). The molecule has 0 spiro atoms. The van der Waals surface area contributed by atoms with Crippen LogP contribution in [0.1, 0.15) is 43.2 Å². The zero-order valence-corrected chi connectivity index (χ0v) is 18.4. The number of anilines is 1. The summed E-state index contributed by atoms with van der Waals surface area (Å²) in [7, 11) is 0. The fourth-order valence-corrected chi connectivity index (χ4v) is 3.80. The largest absolute Gasteiger partial charge is 0.366 e. The first kappa shape index (κ1) is 20.4. The van der Waals surface area contributed by atoms with E-state index >= 15 is 0 Å². The number of rotatable bonds is 6. The summed E-state index contributed by atoms with van der Waals surface area (Å²) >= 11 is 6.13. The van der Waals surface area contributed by atoms with Crippen molar-refractivity contribution >= 4 is 23.1 Å². The van der Waals surface area contributed by atoms with Gasteiger partial charge in [-0.05, 0) is 47.1 Å². The van der Waals surface area contributed by atoms with E-state index in [0.29, 0.717) is 6.54 Å². The molecule has 4 nitrogen and oxygen atoms in total. The number of imidazole rings is 1. The molecule has 0 saturated carbocycles. The van der Waals surface area contributed by atoms with Gasteiger partial charge in [0.1, 0.15) is 5.82 Å². The van der Waals surface area contributed by atoms with Gasteiger partial charge in [-0.25, -0.2) is 4.98 Å². The normalized spacial score (nSPS) is 11.7. The molecule has 1 N–H and O–H groups in total. The van der Waals surface area contributed by atoms with Crippen LogP contribution in [0.2, 0.25) is 5.02 Å². The summed E-state index contributed by atoms with van der Waals surface area (Å²) in [5.41, 5.74) is 5.88. The SMILES string of the molecule is CC(C)(C)c1ccc(CCc2nc3cnccn3c2NCc2cccc(Cl)c2)cc1. The number of halogens is 1. The zero-order chi connectivity index (χ0) is 21.1. The first-order chi connectivity index (χ1) is 14.4. The molecule has 0 fully saturated rings. The van der Waals surface area contributed by atoms with Gasteiger partial charge in [0.2, 0.25) is 0 Å². The average molecular weight is 419 g/mol. The molecular weight excluding hydrogens is 392 g/mol. The summed E-state index contributed by atoms with van der Waals surface area (Å²) in [4.78, 5) is 9.05. The number of nitrogens with zero attached hydrogens (tertiary/aromatic N) is 3. The highest BCUT2D eigenvalue weighted by molar-refractivity contribution is 6.30. The summed E-state index contributed by atoms with van der Waals surface area (Å²) in [5.74, 6) is 1.01. The van der Waals surface area contributed by atoms with Crippen LogP contribution in [0.25, 0.3) is 5.65 Å². The van der Waals surface area contributed by atoms with Crippen molar-refractivity contribution in [1.29, 1.82) is 0 Å². The Kier molecular flexibility index (Phi) is 5.78. The van der Waals surface area contributed by atoms with Crippen molar-refractivity contribution in [3.8, 4) is 0 Å². The molecule has 5 heteroatoms. The number of hydrogen-bond donors (Lipinski definition) is 1. The van der Waals surface area contributed by atoms with E-state index in [-0.39, 0.29) is 5.41 Å². The van der Waals surface area contributed by atoms with E-state index in [1.54, 1.807) is 12.4 Å². The third-order valence-corrected chi connectivity index (χ3v) is 5.56. The molecule has 4 aromatic rings. The lowest BCUT2D eigenvalue weighted by molar-refractivity contribution is 0.590. The standard InChI is InChI=1S/C25H27ClN4/c1-25(2,3)20-10-7-18(8-11-20)9-12-22-24(30-14-13-27-17-23(30)29-22)28-16-19-5-4-6-21(26)15-19/h4-8,10-11,13-15,17,28H,9,12,16H2,1-3H3. The van der Waals surface area contributed by atoms with E-state index in [0.717, 1.165) is 40.6 Å². The Labute approximate surface area is 183 Å². The van der Waals surface area contributed by atoms with Gasteiger partial charge in [0, 0.05) is 24.0 Å². The van der Waals surface area contributed by atoms with E-state index in [2.05, 4.69) is 65.8 Å². The molecule has 0 atom stereocenters. The number of benzene rings is 2. The summed E-state index contributed by atoms with van der Waals surface area (Å²) in [6, 6.07) is 16.9. The van der Waals surface area contributed by atoms with Crippen molar-refractivity contribution in [3.05, 3.63) is 94.5 Å². The summed E-state index contributed by atoms with van der Waals surface area (Å²) in [6.45, 7) is 7.41. The van der Waals surface area contributed by atoms with E-state index in [9.17, 15) is 0 Å². The topological polar surface area (TPSA) is 42.2 Å². The molecule has 0 bridgehead atoms. The minimum Gasteiger partial charge on any atom is -0.366 e. The van der Waals surface area contributed by atoms with Crippen LogP contribution in [0.3, 0.4) is 0 Å². The summed E-state index contributed by atoms with van der Waals surface area (Å²) in [6.07, 6.45) is 7.33. The quantitative estimate of drug-likeness (QED) is 0.412. The van der Waals surface area contributed by atoms with Crippen LogP contribution in [0.4, 0.5) is 5.82 Å². The predicted octanol–water partition coefficient (Wildman–Crippen LogP) is 6.08. The minimum atomic E-state index is 0.171. The van der Waals surface area contributed by atoms with Crippen molar-refractivity contribution in [1.82, 2.24) is 14.4 Å². The second-order valence-corrected chi connectivity index (χ2v) is 9.08. The smallest absolute Gasteiger partial charge is 0.157 e. The maximum Gasteiger partial charge on any atom is 0.157 e. The monoisotopic (exact) mass is 418 g/mol. The number of hydrogen-bond acceptors (Lipinski definition) is 3. The van der Waals surface area contributed by atoms with E-state index in [1.165, 1.54) is 11.1 Å². The van der Waals surface area contributed by atoms with Gasteiger partial charge in [-0.1, -0.05) is 68.8 Å². The lowest BCUT2D eigenvalue weighted by Crippen LogP contribution is -2.10. The number of aryl methyl sites for hydroxylation is 2. The van der Waals surface area contributed by atoms with Gasteiger partial charge in [0.15, 0.2) is 5.65 Å². The fraction of sp³-hybridized carbons (Fsp3) is 0.280. The predicted molar refractivity (Wildman–Crippen MR) is 124 cm³/mol. The fourth-order valence-electron chi connectivity index (χ4n) is 3.58. The van der Waals surface area contributed by atoms with Crippen LogP contribution in [0.15, 0.2) is 67.1 Å². The number of nitrogens with one attached hydrogen (secondary N) is 1. The van der Waals surface area contributed by atoms with Crippen LogP contribution >= 0.6 is 11.6 Å². The highest BCUT2D eigenvalue weighted by Gasteiger charge is 2.14. The molecule has 0 aliphatic rings. The molecule has 0 radical (unpaired) electrons. The van der Waals surface area contributed by atoms with Gasteiger partial charge in [0.25, 0.3) is 0 Å². The van der Waals surface area contributed by atoms with Crippen molar-refractivity contribution in [2.45, 2.75) is 45.6 Å². The molecular formula is C25H27ClN4. The molecule has 0 aliphatic heterocycles. The van der Waals surface area contributed by atoms with Crippen LogP contribution in [-0.4, -0.2) is 14.4 Å². The molecule has 2 aromatic carbocycles. The first-order valence-electron chi connectivity index (χ1n) is 10.3. The lowest BCUT2D eigenvalue weighted by Gasteiger charge is -2.19. The van der Waals surface area contributed by atoms with Crippen LogP contribution in [0, 0.1) is 0 Å². The zero-order valence-electron chi connectivity index (χ0n) is 17.7. The van der Waals surface area contributed by atoms with Gasteiger partial charge in [-0.15, -0.1) is 0 Å². The van der Waals surface area contributed by atoms with Crippen molar-refractivity contribution in [2.75, 3.05) is 5.32 Å². The van der Waals surface area contributed by atoms with Crippen LogP contribution in [-0.2, 0) is 24.8 Å². The molecule has 0 unspecified atom stereocenters. The second kappa shape index (κ2) is 8.49. The first-order valence-corrected chi connectivity index (χ1v) is 10.7. The Morgan fingerprint density at radius 3 is 2.53 bits per heavy atom. The van der Waals surface area contributed by atoms with Gasteiger partial charge < -0.3 is 5.32 Å². The van der Waals surface area contributed by atoms with Crippen LogP contribution in [0.5, 0.6) is 0 Å². The summed E-state index contributed by atoms with van der Waals surface area (Å²) in [5, 5.41) is 4.31. The molecule has 2 heterocycles. The van der Waals surface area contributed by atoms with E-state index in [1.807, 2.05) is 24.4 Å². The van der Waals surface area contributed by atoms with Gasteiger partial charge in [-0.3, -0.25) is 9.38 Å². The van der Waals surface area contributed by atoms with Gasteiger partial charge >= 0.3 is 0 Å². The molecule has 0 aliphatic carbocycles. The third-order valence-electron chi connectivity index (χ3n) is 5.32. The highest BCUT2D eigenvalue weighted by atomic mass is 35.5. The maximum atomic E-state index is 6.13.